The number of hydrogen-bond acceptors (Lipinski definition) is 7. The van der Waals surface area contributed by atoms with Crippen molar-refractivity contribution in [1.29, 1.82) is 0 Å². The van der Waals surface area contributed by atoms with Gasteiger partial charge in [-0.25, -0.2) is 5.43 Å². The molecule has 0 saturated heterocycles. The lowest BCUT2D eigenvalue weighted by Gasteiger charge is -2.10. The number of carbonyl (C=O) groups is 1. The molecule has 0 aromatic heterocycles. The minimum atomic E-state index is -0.629. The normalized spacial score (nSPS) is 10.4. The van der Waals surface area contributed by atoms with Crippen LogP contribution in [0, 0.1) is 10.1 Å². The van der Waals surface area contributed by atoms with Gasteiger partial charge in [0.05, 0.1) is 18.2 Å². The molecule has 0 unspecified atom stereocenters. The predicted octanol–water partition coefficient (Wildman–Crippen LogP) is 1.21. The number of rotatable bonds is 7. The highest BCUT2D eigenvalue weighted by Gasteiger charge is 2.07. The summed E-state index contributed by atoms with van der Waals surface area (Å²) in [7, 11) is 1.48. The van der Waals surface area contributed by atoms with E-state index in [0.717, 1.165) is 24.4 Å². The zero-order valence-corrected chi connectivity index (χ0v) is 13.2. The molecular formula is C16H14N3O6-. The molecule has 0 spiro atoms. The van der Waals surface area contributed by atoms with Crippen molar-refractivity contribution in [3.63, 3.8) is 0 Å². The Morgan fingerprint density at radius 1 is 1.28 bits per heavy atom. The minimum Gasteiger partial charge on any atom is -0.872 e. The molecule has 2 aromatic rings. The molecule has 1 amide bonds. The third-order valence-electron chi connectivity index (χ3n) is 3.02. The van der Waals surface area contributed by atoms with Gasteiger partial charge in [-0.2, -0.15) is 5.10 Å². The summed E-state index contributed by atoms with van der Waals surface area (Å²) in [4.78, 5) is 21.7. The van der Waals surface area contributed by atoms with Crippen LogP contribution < -0.4 is 20.0 Å². The molecule has 9 heteroatoms. The molecule has 0 heterocycles. The number of nitro benzene ring substituents is 1. The van der Waals surface area contributed by atoms with Crippen LogP contribution in [0.25, 0.3) is 0 Å². The summed E-state index contributed by atoms with van der Waals surface area (Å²) in [5.74, 6) is -0.148. The molecule has 130 valence electrons. The van der Waals surface area contributed by atoms with Gasteiger partial charge in [-0.1, -0.05) is 23.9 Å². The van der Waals surface area contributed by atoms with E-state index in [9.17, 15) is 20.0 Å². The molecule has 9 nitrogen and oxygen atoms in total. The third kappa shape index (κ3) is 4.93. The van der Waals surface area contributed by atoms with Crippen LogP contribution in [0.4, 0.5) is 5.69 Å². The number of hydrazone groups is 1. The van der Waals surface area contributed by atoms with Gasteiger partial charge in [-0.05, 0) is 17.7 Å². The molecule has 0 saturated carbocycles. The summed E-state index contributed by atoms with van der Waals surface area (Å²) in [6, 6.07) is 10.0. The molecule has 1 N–H and O–H groups in total. The lowest BCUT2D eigenvalue weighted by atomic mass is 10.2. The van der Waals surface area contributed by atoms with E-state index in [1.807, 2.05) is 0 Å². The Morgan fingerprint density at radius 2 is 2.00 bits per heavy atom. The van der Waals surface area contributed by atoms with Crippen LogP contribution in [0.3, 0.4) is 0 Å². The molecule has 0 bridgehead atoms. The summed E-state index contributed by atoms with van der Waals surface area (Å²) in [6.45, 7) is -0.323. The highest BCUT2D eigenvalue weighted by Crippen LogP contribution is 2.25. The lowest BCUT2D eigenvalue weighted by molar-refractivity contribution is -0.385. The highest BCUT2D eigenvalue weighted by atomic mass is 16.6. The number of non-ortho nitro benzene ring substituents is 1. The molecule has 0 atom stereocenters. The van der Waals surface area contributed by atoms with Gasteiger partial charge in [-0.3, -0.25) is 14.9 Å². The van der Waals surface area contributed by atoms with Crippen molar-refractivity contribution in [2.75, 3.05) is 13.7 Å². The van der Waals surface area contributed by atoms with Crippen molar-refractivity contribution in [2.45, 2.75) is 0 Å². The first-order valence-corrected chi connectivity index (χ1v) is 7.04. The van der Waals surface area contributed by atoms with Crippen molar-refractivity contribution in [2.24, 2.45) is 5.10 Å². The average molecular weight is 344 g/mol. The first-order chi connectivity index (χ1) is 12.0. The number of nitrogens with zero attached hydrogens (tertiary/aromatic N) is 2. The van der Waals surface area contributed by atoms with Gasteiger partial charge in [-0.15, -0.1) is 0 Å². The van der Waals surface area contributed by atoms with Crippen LogP contribution in [0.15, 0.2) is 47.6 Å². The topological polar surface area (TPSA) is 126 Å². The number of methoxy groups -OCH3 is 1. The third-order valence-corrected chi connectivity index (χ3v) is 3.02. The van der Waals surface area contributed by atoms with Gasteiger partial charge >= 0.3 is 0 Å². The van der Waals surface area contributed by atoms with Gasteiger partial charge in [0, 0.05) is 12.1 Å². The van der Waals surface area contributed by atoms with Crippen LogP contribution in [0.2, 0.25) is 0 Å². The van der Waals surface area contributed by atoms with E-state index in [-0.39, 0.29) is 17.9 Å². The molecule has 0 fully saturated rings. The fraction of sp³-hybridized carbons (Fsp3) is 0.125. The van der Waals surface area contributed by atoms with Crippen LogP contribution in [-0.2, 0) is 4.79 Å². The number of hydrogen-bond donors (Lipinski definition) is 1. The standard InChI is InChI=1S/C16H15N3O6/c1-24-14-4-2-3-5-15(14)25-10-16(21)18-17-9-11-8-12(19(22)23)6-7-13(11)20/h2-9,20H,10H2,1H3,(H,18,21)/p-1/b17-9-. The maximum absolute atomic E-state index is 11.7. The minimum absolute atomic E-state index is 0.0138. The molecule has 0 aliphatic rings. The van der Waals surface area contributed by atoms with Crippen molar-refractivity contribution in [3.8, 4) is 17.2 Å². The van der Waals surface area contributed by atoms with E-state index in [1.54, 1.807) is 24.3 Å². The van der Waals surface area contributed by atoms with Gasteiger partial charge in [0.25, 0.3) is 11.6 Å². The Labute approximate surface area is 142 Å². The number of amides is 1. The fourth-order valence-corrected chi connectivity index (χ4v) is 1.84. The maximum atomic E-state index is 11.7. The smallest absolute Gasteiger partial charge is 0.277 e. The molecule has 0 radical (unpaired) electrons. The first-order valence-electron chi connectivity index (χ1n) is 7.04. The van der Waals surface area contributed by atoms with Gasteiger partial charge in [0.1, 0.15) is 0 Å². The molecule has 0 aliphatic heterocycles. The summed E-state index contributed by atoms with van der Waals surface area (Å²) < 4.78 is 10.4. The Morgan fingerprint density at radius 3 is 2.68 bits per heavy atom. The summed E-state index contributed by atoms with van der Waals surface area (Å²) >= 11 is 0. The quantitative estimate of drug-likeness (QED) is 0.457. The Kier molecular flexibility index (Phi) is 5.88. The summed E-state index contributed by atoms with van der Waals surface area (Å²) in [6.07, 6.45) is 1.04. The van der Waals surface area contributed by atoms with E-state index in [0.29, 0.717) is 11.5 Å². The van der Waals surface area contributed by atoms with E-state index < -0.39 is 16.6 Å². The van der Waals surface area contributed by atoms with E-state index in [1.165, 1.54) is 7.11 Å². The molecule has 25 heavy (non-hydrogen) atoms. The number of carbonyl (C=O) groups excluding carboxylic acids is 1. The Balaban J connectivity index is 1.92. The Bertz CT molecular complexity index is 806. The van der Waals surface area contributed by atoms with Crippen molar-refractivity contribution in [1.82, 2.24) is 5.43 Å². The fourth-order valence-electron chi connectivity index (χ4n) is 1.84. The number of ether oxygens (including phenoxy) is 2. The lowest BCUT2D eigenvalue weighted by Crippen LogP contribution is -2.24. The molecule has 2 aromatic carbocycles. The second-order valence-corrected chi connectivity index (χ2v) is 4.71. The first kappa shape index (κ1) is 17.7. The zero-order chi connectivity index (χ0) is 18.2. The van der Waals surface area contributed by atoms with Crippen molar-refractivity contribution in [3.05, 3.63) is 58.1 Å². The predicted molar refractivity (Wildman–Crippen MR) is 86.8 cm³/mol. The summed E-state index contributed by atoms with van der Waals surface area (Å²) in [5, 5.41) is 25.9. The molecule has 0 aliphatic carbocycles. The van der Waals surface area contributed by atoms with E-state index in [4.69, 9.17) is 9.47 Å². The number of para-hydroxylation sites is 2. The summed E-state index contributed by atoms with van der Waals surface area (Å²) in [5.41, 5.74) is 1.91. The monoisotopic (exact) mass is 344 g/mol. The van der Waals surface area contributed by atoms with Crippen LogP contribution >= 0.6 is 0 Å². The van der Waals surface area contributed by atoms with E-state index in [2.05, 4.69) is 10.5 Å². The number of nitrogens with one attached hydrogen (secondary N) is 1. The van der Waals surface area contributed by atoms with Crippen LogP contribution in [0.1, 0.15) is 5.56 Å². The molecular weight excluding hydrogens is 330 g/mol. The van der Waals surface area contributed by atoms with Crippen molar-refractivity contribution < 1.29 is 24.3 Å². The van der Waals surface area contributed by atoms with E-state index >= 15 is 0 Å². The average Bonchev–Trinajstić information content (AvgIpc) is 2.61. The second kappa shape index (κ2) is 8.29. The highest BCUT2D eigenvalue weighted by molar-refractivity contribution is 5.86. The Hall–Kier alpha value is -3.62. The van der Waals surface area contributed by atoms with Crippen molar-refractivity contribution >= 4 is 17.8 Å². The van der Waals surface area contributed by atoms with Gasteiger partial charge in [0.15, 0.2) is 18.1 Å². The largest absolute Gasteiger partial charge is 0.872 e. The maximum Gasteiger partial charge on any atom is 0.277 e. The second-order valence-electron chi connectivity index (χ2n) is 4.71. The van der Waals surface area contributed by atoms with Gasteiger partial charge < -0.3 is 14.6 Å². The SMILES string of the molecule is COc1ccccc1OCC(=O)N/N=C\c1cc([N+](=O)[O-])ccc1[O-]. The van der Waals surface area contributed by atoms with Crippen LogP contribution in [0.5, 0.6) is 17.2 Å². The van der Waals surface area contributed by atoms with Gasteiger partial charge in [0.2, 0.25) is 0 Å². The zero-order valence-electron chi connectivity index (χ0n) is 13.2. The van der Waals surface area contributed by atoms with Crippen LogP contribution in [-0.4, -0.2) is 30.8 Å². The number of benzene rings is 2. The number of nitro groups is 1. The molecule has 2 rings (SSSR count).